The predicted octanol–water partition coefficient (Wildman–Crippen LogP) is 1.68. The van der Waals surface area contributed by atoms with Gasteiger partial charge in [0.1, 0.15) is 0 Å². The minimum absolute atomic E-state index is 0.0641. The number of aliphatic hydroxyl groups is 1. The Bertz CT molecular complexity index is 621. The van der Waals surface area contributed by atoms with E-state index in [4.69, 9.17) is 0 Å². The number of piperidine rings is 1. The van der Waals surface area contributed by atoms with Crippen molar-refractivity contribution in [2.75, 3.05) is 45.7 Å². The molecule has 2 rings (SSSR count). The van der Waals surface area contributed by atoms with Crippen LogP contribution in [-0.4, -0.2) is 73.2 Å². The van der Waals surface area contributed by atoms with E-state index >= 15 is 0 Å². The first-order valence-corrected chi connectivity index (χ1v) is 9.69. The molecule has 27 heavy (non-hydrogen) atoms. The summed E-state index contributed by atoms with van der Waals surface area (Å²) in [4.78, 5) is 27.8. The smallest absolute Gasteiger partial charge is 0.319 e. The van der Waals surface area contributed by atoms with Crippen molar-refractivity contribution in [3.63, 3.8) is 0 Å². The van der Waals surface area contributed by atoms with Gasteiger partial charge in [0, 0.05) is 45.3 Å². The number of aliphatic hydroxyl groups excluding tert-OH is 1. The van der Waals surface area contributed by atoms with Crippen LogP contribution in [0.2, 0.25) is 0 Å². The molecular weight excluding hydrogens is 344 g/mol. The van der Waals surface area contributed by atoms with Crippen LogP contribution in [0.3, 0.4) is 0 Å². The number of nitrogens with one attached hydrogen (secondary N) is 2. The first kappa shape index (κ1) is 21.2. The fraction of sp³-hybridized carbons (Fsp3) is 0.600. The maximum Gasteiger partial charge on any atom is 0.319 e. The van der Waals surface area contributed by atoms with E-state index in [-0.39, 0.29) is 24.6 Å². The highest BCUT2D eigenvalue weighted by atomic mass is 16.3. The van der Waals surface area contributed by atoms with Gasteiger partial charge in [-0.25, -0.2) is 4.79 Å². The molecule has 1 fully saturated rings. The third-order valence-electron chi connectivity index (χ3n) is 5.02. The summed E-state index contributed by atoms with van der Waals surface area (Å²) >= 11 is 0. The number of likely N-dealkylation sites (tertiary alicyclic amines) is 1. The van der Waals surface area contributed by atoms with E-state index < -0.39 is 0 Å². The van der Waals surface area contributed by atoms with Crippen molar-refractivity contribution < 1.29 is 14.7 Å². The molecular formula is C20H32N4O3. The first-order chi connectivity index (χ1) is 13.0. The number of carbonyl (C=O) groups excluding carboxylic acids is 2. The Morgan fingerprint density at radius 1 is 1.26 bits per heavy atom. The Hall–Kier alpha value is -2.12. The molecule has 7 heteroatoms. The van der Waals surface area contributed by atoms with Gasteiger partial charge in [0.15, 0.2) is 0 Å². The number of amides is 3. The van der Waals surface area contributed by atoms with Gasteiger partial charge in [0.05, 0.1) is 6.61 Å². The number of anilines is 1. The summed E-state index contributed by atoms with van der Waals surface area (Å²) in [6.07, 6.45) is 4.30. The zero-order valence-electron chi connectivity index (χ0n) is 16.4. The van der Waals surface area contributed by atoms with Crippen LogP contribution in [-0.2, 0) is 11.2 Å². The van der Waals surface area contributed by atoms with Crippen molar-refractivity contribution >= 4 is 17.6 Å². The number of hydrogen-bond donors (Lipinski definition) is 3. The number of urea groups is 1. The van der Waals surface area contributed by atoms with Crippen molar-refractivity contribution in [2.45, 2.75) is 38.1 Å². The number of para-hydroxylation sites is 1. The number of nitrogens with zero attached hydrogens (tertiary/aromatic N) is 2. The molecule has 0 unspecified atom stereocenters. The molecule has 3 N–H and O–H groups in total. The number of benzene rings is 1. The van der Waals surface area contributed by atoms with E-state index in [0.717, 1.165) is 43.6 Å². The fourth-order valence-electron chi connectivity index (χ4n) is 3.37. The maximum absolute atomic E-state index is 12.2. The highest BCUT2D eigenvalue weighted by molar-refractivity contribution is 5.90. The van der Waals surface area contributed by atoms with E-state index in [9.17, 15) is 14.7 Å². The molecule has 0 spiro atoms. The molecule has 0 bridgehead atoms. The van der Waals surface area contributed by atoms with E-state index in [1.807, 2.05) is 24.3 Å². The monoisotopic (exact) mass is 376 g/mol. The lowest BCUT2D eigenvalue weighted by Gasteiger charge is -2.34. The van der Waals surface area contributed by atoms with Crippen molar-refractivity contribution in [3.05, 3.63) is 29.8 Å². The van der Waals surface area contributed by atoms with Crippen molar-refractivity contribution in [1.29, 1.82) is 0 Å². The quantitative estimate of drug-likeness (QED) is 0.644. The van der Waals surface area contributed by atoms with E-state index in [0.29, 0.717) is 19.4 Å². The average Bonchev–Trinajstić information content (AvgIpc) is 2.67. The van der Waals surface area contributed by atoms with E-state index in [1.54, 1.807) is 19.0 Å². The Labute approximate surface area is 161 Å². The second-order valence-corrected chi connectivity index (χ2v) is 7.19. The molecule has 1 saturated heterocycles. The standard InChI is InChI=1S/C20H32N4O3/c1-23(2)19(26)11-10-16-7-3-4-9-18(16)22-20(27)21-12-14-24-13-6-5-8-17(24)15-25/h3-4,7,9,17,25H,5-6,8,10-15H2,1-2H3,(H2,21,22,27)/t17-/m0/s1. The maximum atomic E-state index is 12.2. The van der Waals surface area contributed by atoms with Crippen LogP contribution in [0, 0.1) is 0 Å². The molecule has 0 radical (unpaired) electrons. The zero-order chi connectivity index (χ0) is 19.6. The second-order valence-electron chi connectivity index (χ2n) is 7.19. The molecule has 1 aromatic carbocycles. The number of carbonyl (C=O) groups is 2. The highest BCUT2D eigenvalue weighted by Gasteiger charge is 2.21. The van der Waals surface area contributed by atoms with Gasteiger partial charge < -0.3 is 20.6 Å². The minimum atomic E-state index is -0.251. The molecule has 1 aliphatic heterocycles. The zero-order valence-corrected chi connectivity index (χ0v) is 16.4. The van der Waals surface area contributed by atoms with Crippen molar-refractivity contribution in [1.82, 2.24) is 15.1 Å². The fourth-order valence-corrected chi connectivity index (χ4v) is 3.37. The van der Waals surface area contributed by atoms with Gasteiger partial charge in [0.2, 0.25) is 5.91 Å². The first-order valence-electron chi connectivity index (χ1n) is 9.69. The summed E-state index contributed by atoms with van der Waals surface area (Å²) < 4.78 is 0. The third kappa shape index (κ3) is 6.84. The molecule has 0 aliphatic carbocycles. The largest absolute Gasteiger partial charge is 0.395 e. The number of rotatable bonds is 8. The predicted molar refractivity (Wildman–Crippen MR) is 107 cm³/mol. The lowest BCUT2D eigenvalue weighted by molar-refractivity contribution is -0.128. The molecule has 7 nitrogen and oxygen atoms in total. The SMILES string of the molecule is CN(C)C(=O)CCc1ccccc1NC(=O)NCCN1CCCC[C@H]1CO. The molecule has 1 aromatic rings. The average molecular weight is 377 g/mol. The normalized spacial score (nSPS) is 17.4. The summed E-state index contributed by atoms with van der Waals surface area (Å²) in [6, 6.07) is 7.51. The van der Waals surface area contributed by atoms with Crippen molar-refractivity contribution in [3.8, 4) is 0 Å². The molecule has 1 aliphatic rings. The van der Waals surface area contributed by atoms with Crippen LogP contribution in [0.5, 0.6) is 0 Å². The highest BCUT2D eigenvalue weighted by Crippen LogP contribution is 2.17. The van der Waals surface area contributed by atoms with Gasteiger partial charge in [-0.3, -0.25) is 9.69 Å². The van der Waals surface area contributed by atoms with Crippen LogP contribution >= 0.6 is 0 Å². The van der Waals surface area contributed by atoms with Crippen LogP contribution in [0.1, 0.15) is 31.2 Å². The van der Waals surface area contributed by atoms with Gasteiger partial charge in [-0.2, -0.15) is 0 Å². The van der Waals surface area contributed by atoms with Gasteiger partial charge in [0.25, 0.3) is 0 Å². The van der Waals surface area contributed by atoms with E-state index in [1.165, 1.54) is 0 Å². The third-order valence-corrected chi connectivity index (χ3v) is 5.02. The summed E-state index contributed by atoms with van der Waals surface area (Å²) in [6.45, 7) is 2.41. The van der Waals surface area contributed by atoms with Gasteiger partial charge in [-0.1, -0.05) is 24.6 Å². The van der Waals surface area contributed by atoms with Crippen LogP contribution in [0.4, 0.5) is 10.5 Å². The van der Waals surface area contributed by atoms with Crippen LogP contribution in [0.25, 0.3) is 0 Å². The molecule has 3 amide bonds. The topological polar surface area (TPSA) is 84.9 Å². The Balaban J connectivity index is 1.80. The van der Waals surface area contributed by atoms with Gasteiger partial charge in [-0.05, 0) is 37.4 Å². The number of aryl methyl sites for hydroxylation is 1. The van der Waals surface area contributed by atoms with Crippen molar-refractivity contribution in [2.24, 2.45) is 0 Å². The molecule has 0 saturated carbocycles. The van der Waals surface area contributed by atoms with E-state index in [2.05, 4.69) is 15.5 Å². The Kier molecular flexibility index (Phi) is 8.54. The van der Waals surface area contributed by atoms with Gasteiger partial charge in [-0.15, -0.1) is 0 Å². The molecule has 0 aromatic heterocycles. The summed E-state index contributed by atoms with van der Waals surface area (Å²) in [7, 11) is 3.48. The second kappa shape index (κ2) is 10.9. The number of hydrogen-bond acceptors (Lipinski definition) is 4. The molecule has 150 valence electrons. The Morgan fingerprint density at radius 2 is 2.04 bits per heavy atom. The summed E-state index contributed by atoms with van der Waals surface area (Å²) in [5, 5.41) is 15.2. The van der Waals surface area contributed by atoms with Crippen LogP contribution in [0.15, 0.2) is 24.3 Å². The Morgan fingerprint density at radius 3 is 2.78 bits per heavy atom. The lowest BCUT2D eigenvalue weighted by Crippen LogP contribution is -2.46. The molecule has 1 heterocycles. The molecule has 1 atom stereocenters. The summed E-state index contributed by atoms with van der Waals surface area (Å²) in [5.74, 6) is 0.0641. The lowest BCUT2D eigenvalue weighted by atomic mass is 10.0. The summed E-state index contributed by atoms with van der Waals surface area (Å²) in [5.41, 5.74) is 1.67. The van der Waals surface area contributed by atoms with Gasteiger partial charge >= 0.3 is 6.03 Å². The minimum Gasteiger partial charge on any atom is -0.395 e. The van der Waals surface area contributed by atoms with Crippen LogP contribution < -0.4 is 10.6 Å².